The highest BCUT2D eigenvalue weighted by Gasteiger charge is 2.22. The van der Waals surface area contributed by atoms with Gasteiger partial charge in [0.2, 0.25) is 0 Å². The molecule has 128 valence electrons. The third-order valence-electron chi connectivity index (χ3n) is 4.16. The standard InChI is InChI=1S/C17H22N4O2S/c1-11-9-14(21-23-11)10-24-17-15(3-2-8-19-17)16(22)20-13-6-4-12(18)5-7-13/h2-3,8-9,12-13H,4-7,10,18H2,1H3,(H,20,22). The summed E-state index contributed by atoms with van der Waals surface area (Å²) in [6, 6.07) is 5.96. The number of aromatic nitrogens is 2. The van der Waals surface area contributed by atoms with E-state index in [2.05, 4.69) is 15.5 Å². The van der Waals surface area contributed by atoms with Gasteiger partial charge in [-0.3, -0.25) is 4.79 Å². The molecule has 0 radical (unpaired) electrons. The Morgan fingerprint density at radius 2 is 2.21 bits per heavy atom. The molecule has 3 N–H and O–H groups in total. The van der Waals surface area contributed by atoms with Crippen molar-refractivity contribution in [2.75, 3.05) is 0 Å². The van der Waals surface area contributed by atoms with Crippen LogP contribution in [0, 0.1) is 6.92 Å². The van der Waals surface area contributed by atoms with Crippen molar-refractivity contribution in [2.24, 2.45) is 5.73 Å². The van der Waals surface area contributed by atoms with Crippen molar-refractivity contribution in [1.82, 2.24) is 15.5 Å². The van der Waals surface area contributed by atoms with Gasteiger partial charge in [-0.25, -0.2) is 4.98 Å². The monoisotopic (exact) mass is 346 g/mol. The van der Waals surface area contributed by atoms with Gasteiger partial charge in [0.25, 0.3) is 5.91 Å². The average molecular weight is 346 g/mol. The molecule has 0 atom stereocenters. The molecule has 1 saturated carbocycles. The highest BCUT2D eigenvalue weighted by atomic mass is 32.2. The minimum absolute atomic E-state index is 0.0672. The van der Waals surface area contributed by atoms with Crippen LogP contribution in [0.5, 0.6) is 0 Å². The molecule has 0 saturated heterocycles. The Morgan fingerprint density at radius 1 is 1.42 bits per heavy atom. The van der Waals surface area contributed by atoms with Crippen molar-refractivity contribution in [1.29, 1.82) is 0 Å². The number of nitrogens with zero attached hydrogens (tertiary/aromatic N) is 2. The fourth-order valence-corrected chi connectivity index (χ4v) is 3.71. The molecule has 1 amide bonds. The molecule has 2 aromatic rings. The maximum absolute atomic E-state index is 12.6. The fraction of sp³-hybridized carbons (Fsp3) is 0.471. The number of nitrogens with two attached hydrogens (primary N) is 1. The van der Waals surface area contributed by atoms with E-state index >= 15 is 0 Å². The summed E-state index contributed by atoms with van der Waals surface area (Å²) in [5.41, 5.74) is 7.37. The van der Waals surface area contributed by atoms with Crippen LogP contribution in [0.2, 0.25) is 0 Å². The van der Waals surface area contributed by atoms with Crippen LogP contribution >= 0.6 is 11.8 Å². The SMILES string of the molecule is Cc1cc(CSc2ncccc2C(=O)NC2CCC(N)CC2)no1. The molecule has 6 nitrogen and oxygen atoms in total. The van der Waals surface area contributed by atoms with E-state index in [4.69, 9.17) is 10.3 Å². The number of amides is 1. The van der Waals surface area contributed by atoms with E-state index in [9.17, 15) is 4.79 Å². The van der Waals surface area contributed by atoms with Crippen LogP contribution in [-0.4, -0.2) is 28.1 Å². The van der Waals surface area contributed by atoms with Gasteiger partial charge in [-0.1, -0.05) is 16.9 Å². The van der Waals surface area contributed by atoms with Gasteiger partial charge in [0.05, 0.1) is 11.3 Å². The van der Waals surface area contributed by atoms with E-state index < -0.39 is 0 Å². The Morgan fingerprint density at radius 3 is 2.92 bits per heavy atom. The van der Waals surface area contributed by atoms with Gasteiger partial charge < -0.3 is 15.6 Å². The Balaban J connectivity index is 1.63. The van der Waals surface area contributed by atoms with Crippen molar-refractivity contribution in [3.05, 3.63) is 41.4 Å². The quantitative estimate of drug-likeness (QED) is 0.808. The number of nitrogens with one attached hydrogen (secondary N) is 1. The molecule has 2 aromatic heterocycles. The zero-order chi connectivity index (χ0) is 16.9. The first kappa shape index (κ1) is 17.0. The molecular weight excluding hydrogens is 324 g/mol. The first-order valence-electron chi connectivity index (χ1n) is 8.18. The van der Waals surface area contributed by atoms with Gasteiger partial charge in [-0.05, 0) is 44.7 Å². The molecule has 2 heterocycles. The number of pyridine rings is 1. The predicted molar refractivity (Wildman–Crippen MR) is 92.7 cm³/mol. The molecular formula is C17H22N4O2S. The van der Waals surface area contributed by atoms with Crippen LogP contribution < -0.4 is 11.1 Å². The van der Waals surface area contributed by atoms with E-state index in [1.807, 2.05) is 19.1 Å². The van der Waals surface area contributed by atoms with Crippen LogP contribution in [0.4, 0.5) is 0 Å². The minimum Gasteiger partial charge on any atom is -0.361 e. The van der Waals surface area contributed by atoms with E-state index in [1.165, 1.54) is 11.8 Å². The van der Waals surface area contributed by atoms with E-state index in [0.29, 0.717) is 16.3 Å². The summed E-state index contributed by atoms with van der Waals surface area (Å²) >= 11 is 1.49. The number of thioether (sulfide) groups is 1. The zero-order valence-electron chi connectivity index (χ0n) is 13.7. The maximum atomic E-state index is 12.6. The number of carbonyl (C=O) groups is 1. The summed E-state index contributed by atoms with van der Waals surface area (Å²) in [7, 11) is 0. The maximum Gasteiger partial charge on any atom is 0.254 e. The first-order chi connectivity index (χ1) is 11.6. The number of carbonyl (C=O) groups excluding carboxylic acids is 1. The van der Waals surface area contributed by atoms with Gasteiger partial charge in [0.15, 0.2) is 0 Å². The zero-order valence-corrected chi connectivity index (χ0v) is 14.5. The van der Waals surface area contributed by atoms with E-state index in [1.54, 1.807) is 12.3 Å². The highest BCUT2D eigenvalue weighted by molar-refractivity contribution is 7.98. The Kier molecular flexibility index (Phi) is 5.52. The molecule has 1 aliphatic carbocycles. The van der Waals surface area contributed by atoms with E-state index in [0.717, 1.165) is 37.1 Å². The highest BCUT2D eigenvalue weighted by Crippen LogP contribution is 2.25. The average Bonchev–Trinajstić information content (AvgIpc) is 3.01. The fourth-order valence-electron chi connectivity index (χ4n) is 2.83. The first-order valence-corrected chi connectivity index (χ1v) is 9.17. The molecule has 7 heteroatoms. The molecule has 24 heavy (non-hydrogen) atoms. The van der Waals surface area contributed by atoms with Gasteiger partial charge >= 0.3 is 0 Å². The smallest absolute Gasteiger partial charge is 0.254 e. The lowest BCUT2D eigenvalue weighted by Crippen LogP contribution is -2.40. The Bertz CT molecular complexity index is 695. The van der Waals surface area contributed by atoms with Crippen LogP contribution in [-0.2, 0) is 5.75 Å². The molecule has 1 fully saturated rings. The Labute approximate surface area is 145 Å². The van der Waals surface area contributed by atoms with Gasteiger partial charge in [0.1, 0.15) is 10.8 Å². The second kappa shape index (κ2) is 7.81. The third kappa shape index (κ3) is 4.36. The normalized spacial score (nSPS) is 20.8. The van der Waals surface area contributed by atoms with Crippen molar-refractivity contribution in [3.8, 4) is 0 Å². The lowest BCUT2D eigenvalue weighted by atomic mass is 9.92. The molecule has 0 bridgehead atoms. The Hall–Kier alpha value is -1.86. The van der Waals surface area contributed by atoms with E-state index in [-0.39, 0.29) is 18.0 Å². The van der Waals surface area contributed by atoms with Crippen LogP contribution in [0.3, 0.4) is 0 Å². The number of hydrogen-bond acceptors (Lipinski definition) is 6. The topological polar surface area (TPSA) is 94.0 Å². The van der Waals surface area contributed by atoms with Crippen molar-refractivity contribution in [2.45, 2.75) is 55.5 Å². The summed E-state index contributed by atoms with van der Waals surface area (Å²) in [6.07, 6.45) is 5.50. The van der Waals surface area contributed by atoms with Crippen molar-refractivity contribution in [3.63, 3.8) is 0 Å². The lowest BCUT2D eigenvalue weighted by molar-refractivity contribution is 0.0922. The molecule has 0 aliphatic heterocycles. The molecule has 1 aliphatic rings. The minimum atomic E-state index is -0.0672. The largest absolute Gasteiger partial charge is 0.361 e. The van der Waals surface area contributed by atoms with Gasteiger partial charge in [-0.2, -0.15) is 0 Å². The third-order valence-corrected chi connectivity index (χ3v) is 5.20. The molecule has 0 aromatic carbocycles. The van der Waals surface area contributed by atoms with Crippen LogP contribution in [0.25, 0.3) is 0 Å². The molecule has 0 spiro atoms. The number of hydrogen-bond donors (Lipinski definition) is 2. The summed E-state index contributed by atoms with van der Waals surface area (Å²) in [5.74, 6) is 1.33. The van der Waals surface area contributed by atoms with Crippen molar-refractivity contribution < 1.29 is 9.32 Å². The predicted octanol–water partition coefficient (Wildman–Crippen LogP) is 2.67. The lowest BCUT2D eigenvalue weighted by Gasteiger charge is -2.27. The summed E-state index contributed by atoms with van der Waals surface area (Å²) in [4.78, 5) is 17.0. The number of aryl methyl sites for hydroxylation is 1. The van der Waals surface area contributed by atoms with Gasteiger partial charge in [0, 0.05) is 30.1 Å². The molecule has 0 unspecified atom stereocenters. The van der Waals surface area contributed by atoms with Gasteiger partial charge in [-0.15, -0.1) is 0 Å². The molecule has 3 rings (SSSR count). The number of rotatable bonds is 5. The second-order valence-corrected chi connectivity index (χ2v) is 7.12. The summed E-state index contributed by atoms with van der Waals surface area (Å²) < 4.78 is 5.07. The second-order valence-electron chi connectivity index (χ2n) is 6.16. The van der Waals surface area contributed by atoms with Crippen LogP contribution in [0.15, 0.2) is 33.9 Å². The summed E-state index contributed by atoms with van der Waals surface area (Å²) in [5, 5.41) is 7.80. The summed E-state index contributed by atoms with van der Waals surface area (Å²) in [6.45, 7) is 1.86. The van der Waals surface area contributed by atoms with Crippen molar-refractivity contribution >= 4 is 17.7 Å². The van der Waals surface area contributed by atoms with Crippen LogP contribution in [0.1, 0.15) is 47.5 Å².